The molecule has 5 nitrogen and oxygen atoms in total. The summed E-state index contributed by atoms with van der Waals surface area (Å²) in [6, 6.07) is 4.28. The Morgan fingerprint density at radius 2 is 2.29 bits per heavy atom. The van der Waals surface area contributed by atoms with Crippen LogP contribution in [0.15, 0.2) is 12.1 Å². The van der Waals surface area contributed by atoms with Crippen molar-refractivity contribution < 1.29 is 23.0 Å². The monoisotopic (exact) mass is 242 g/mol. The van der Waals surface area contributed by atoms with Gasteiger partial charge < -0.3 is 9.47 Å². The van der Waals surface area contributed by atoms with E-state index in [0.29, 0.717) is 0 Å². The second kappa shape index (κ2) is 5.75. The van der Waals surface area contributed by atoms with Crippen LogP contribution in [0.25, 0.3) is 0 Å². The number of ether oxygens (including phenoxy) is 2. The van der Waals surface area contributed by atoms with Gasteiger partial charge in [-0.15, -0.1) is 0 Å². The normalized spacial score (nSPS) is 9.82. The van der Waals surface area contributed by atoms with Crippen molar-refractivity contribution in [2.75, 3.05) is 7.11 Å². The van der Waals surface area contributed by atoms with E-state index in [1.165, 1.54) is 19.2 Å². The van der Waals surface area contributed by atoms with Crippen molar-refractivity contribution in [2.45, 2.75) is 13.0 Å². The van der Waals surface area contributed by atoms with Gasteiger partial charge in [-0.25, -0.2) is 4.98 Å². The van der Waals surface area contributed by atoms with Crippen LogP contribution >= 0.6 is 0 Å². The van der Waals surface area contributed by atoms with Gasteiger partial charge in [-0.1, -0.05) is 0 Å². The third-order valence-corrected chi connectivity index (χ3v) is 1.79. The van der Waals surface area contributed by atoms with Crippen LogP contribution < -0.4 is 4.74 Å². The van der Waals surface area contributed by atoms with Gasteiger partial charge in [0.15, 0.2) is 0 Å². The van der Waals surface area contributed by atoms with E-state index in [0.717, 1.165) is 0 Å². The quantitative estimate of drug-likeness (QED) is 0.743. The van der Waals surface area contributed by atoms with E-state index in [9.17, 15) is 13.6 Å². The van der Waals surface area contributed by atoms with E-state index < -0.39 is 18.5 Å². The highest BCUT2D eigenvalue weighted by molar-refractivity contribution is 5.71. The van der Waals surface area contributed by atoms with Crippen LogP contribution in [-0.2, 0) is 16.0 Å². The average Bonchev–Trinajstić information content (AvgIpc) is 2.28. The maximum atomic E-state index is 12.0. The van der Waals surface area contributed by atoms with Crippen LogP contribution in [0.4, 0.5) is 8.78 Å². The SMILES string of the molecule is COC(=O)Cc1ccc(C#N)c(OC(F)F)n1. The summed E-state index contributed by atoms with van der Waals surface area (Å²) in [7, 11) is 1.20. The maximum Gasteiger partial charge on any atom is 0.388 e. The summed E-state index contributed by atoms with van der Waals surface area (Å²) in [4.78, 5) is 14.6. The number of alkyl halides is 2. The van der Waals surface area contributed by atoms with Crippen molar-refractivity contribution in [1.82, 2.24) is 4.98 Å². The van der Waals surface area contributed by atoms with Crippen LogP contribution in [0.5, 0.6) is 5.88 Å². The molecule has 0 radical (unpaired) electrons. The Morgan fingerprint density at radius 1 is 1.59 bits per heavy atom. The second-order valence-electron chi connectivity index (χ2n) is 2.90. The number of rotatable bonds is 4. The summed E-state index contributed by atoms with van der Waals surface area (Å²) in [5.74, 6) is -1.06. The van der Waals surface area contributed by atoms with E-state index in [4.69, 9.17) is 5.26 Å². The molecule has 1 heterocycles. The minimum atomic E-state index is -3.08. The van der Waals surface area contributed by atoms with Gasteiger partial charge in [0, 0.05) is 0 Å². The van der Waals surface area contributed by atoms with E-state index in [1.807, 2.05) is 0 Å². The fraction of sp³-hybridized carbons (Fsp3) is 0.300. The largest absolute Gasteiger partial charge is 0.469 e. The third-order valence-electron chi connectivity index (χ3n) is 1.79. The first-order valence-electron chi connectivity index (χ1n) is 4.48. The molecule has 0 aromatic carbocycles. The van der Waals surface area contributed by atoms with Crippen molar-refractivity contribution >= 4 is 5.97 Å². The van der Waals surface area contributed by atoms with E-state index >= 15 is 0 Å². The molecule has 0 bridgehead atoms. The Bertz CT molecular complexity index is 457. The van der Waals surface area contributed by atoms with Crippen molar-refractivity contribution in [3.05, 3.63) is 23.4 Å². The van der Waals surface area contributed by atoms with E-state index in [-0.39, 0.29) is 17.7 Å². The molecule has 1 aromatic rings. The first-order valence-corrected chi connectivity index (χ1v) is 4.48. The molecule has 90 valence electrons. The summed E-state index contributed by atoms with van der Waals surface area (Å²) >= 11 is 0. The van der Waals surface area contributed by atoms with E-state index in [1.54, 1.807) is 6.07 Å². The third kappa shape index (κ3) is 3.68. The number of carbonyl (C=O) groups excluding carboxylic acids is 1. The molecule has 0 fully saturated rings. The Kier molecular flexibility index (Phi) is 4.34. The standard InChI is InChI=1S/C10H8F2N2O3/c1-16-8(15)4-7-3-2-6(5-13)9(14-7)17-10(11)12/h2-3,10H,4H2,1H3. The zero-order valence-electron chi connectivity index (χ0n) is 8.81. The molecule has 0 spiro atoms. The number of methoxy groups -OCH3 is 1. The number of hydrogen-bond donors (Lipinski definition) is 0. The number of esters is 1. The minimum absolute atomic E-state index is 0.126. The molecule has 17 heavy (non-hydrogen) atoms. The summed E-state index contributed by atoms with van der Waals surface area (Å²) in [5.41, 5.74) is 0.0606. The zero-order chi connectivity index (χ0) is 12.8. The van der Waals surface area contributed by atoms with E-state index in [2.05, 4.69) is 14.5 Å². The fourth-order valence-corrected chi connectivity index (χ4v) is 1.06. The molecule has 0 saturated carbocycles. The highest BCUT2D eigenvalue weighted by Crippen LogP contribution is 2.18. The van der Waals surface area contributed by atoms with Crippen molar-refractivity contribution in [1.29, 1.82) is 5.26 Å². The Hall–Kier alpha value is -2.23. The first-order chi connectivity index (χ1) is 8.06. The van der Waals surface area contributed by atoms with Gasteiger partial charge in [0.05, 0.1) is 19.2 Å². The molecule has 1 aromatic heterocycles. The molecule has 0 unspecified atom stereocenters. The van der Waals surface area contributed by atoms with Gasteiger partial charge in [-0.3, -0.25) is 4.79 Å². The summed E-state index contributed by atoms with van der Waals surface area (Å²) in [5, 5.41) is 8.64. The lowest BCUT2D eigenvalue weighted by molar-refractivity contribution is -0.139. The predicted octanol–water partition coefficient (Wildman–Crippen LogP) is 1.27. The lowest BCUT2D eigenvalue weighted by Gasteiger charge is -2.06. The van der Waals surface area contributed by atoms with Crippen LogP contribution in [0.2, 0.25) is 0 Å². The van der Waals surface area contributed by atoms with Gasteiger partial charge in [-0.05, 0) is 12.1 Å². The maximum absolute atomic E-state index is 12.0. The zero-order valence-corrected chi connectivity index (χ0v) is 8.81. The second-order valence-corrected chi connectivity index (χ2v) is 2.90. The molecule has 1 rings (SSSR count). The average molecular weight is 242 g/mol. The number of aromatic nitrogens is 1. The number of carbonyl (C=O) groups is 1. The molecule has 0 amide bonds. The van der Waals surface area contributed by atoms with Crippen LogP contribution in [0.3, 0.4) is 0 Å². The van der Waals surface area contributed by atoms with Gasteiger partial charge in [0.25, 0.3) is 0 Å². The molecule has 0 aliphatic rings. The summed E-state index contributed by atoms with van der Waals surface area (Å²) < 4.78 is 32.5. The topological polar surface area (TPSA) is 72.2 Å². The number of hydrogen-bond acceptors (Lipinski definition) is 5. The Labute approximate surface area is 95.6 Å². The Morgan fingerprint density at radius 3 is 2.82 bits per heavy atom. The highest BCUT2D eigenvalue weighted by atomic mass is 19.3. The van der Waals surface area contributed by atoms with Crippen molar-refractivity contribution in [2.24, 2.45) is 0 Å². The Balaban J connectivity index is 2.97. The smallest absolute Gasteiger partial charge is 0.388 e. The molecule has 0 N–H and O–H groups in total. The van der Waals surface area contributed by atoms with Crippen LogP contribution in [0, 0.1) is 11.3 Å². The van der Waals surface area contributed by atoms with Gasteiger partial charge >= 0.3 is 12.6 Å². The number of halogens is 2. The molecule has 0 aliphatic heterocycles. The number of nitriles is 1. The van der Waals surface area contributed by atoms with Gasteiger partial charge in [-0.2, -0.15) is 14.0 Å². The fourth-order valence-electron chi connectivity index (χ4n) is 1.06. The van der Waals surface area contributed by atoms with Gasteiger partial charge in [0.2, 0.25) is 5.88 Å². The van der Waals surface area contributed by atoms with Crippen LogP contribution in [-0.4, -0.2) is 24.7 Å². The predicted molar refractivity (Wildman–Crippen MR) is 51.3 cm³/mol. The number of pyridine rings is 1. The van der Waals surface area contributed by atoms with Crippen LogP contribution in [0.1, 0.15) is 11.3 Å². The van der Waals surface area contributed by atoms with Crippen molar-refractivity contribution in [3.8, 4) is 11.9 Å². The lowest BCUT2D eigenvalue weighted by Crippen LogP contribution is -2.10. The first kappa shape index (κ1) is 12.8. The highest BCUT2D eigenvalue weighted by Gasteiger charge is 2.13. The summed E-state index contributed by atoms with van der Waals surface area (Å²) in [6.07, 6.45) is -0.179. The molecule has 7 heteroatoms. The number of nitrogens with zero attached hydrogens (tertiary/aromatic N) is 2. The molecular formula is C10H8F2N2O3. The van der Waals surface area contributed by atoms with Crippen molar-refractivity contribution in [3.63, 3.8) is 0 Å². The van der Waals surface area contributed by atoms with Gasteiger partial charge in [0.1, 0.15) is 11.6 Å². The molecule has 0 atom stereocenters. The summed E-state index contributed by atoms with van der Waals surface area (Å²) in [6.45, 7) is -3.08. The molecular weight excluding hydrogens is 234 g/mol. The molecule has 0 aliphatic carbocycles. The minimum Gasteiger partial charge on any atom is -0.469 e. The lowest BCUT2D eigenvalue weighted by atomic mass is 10.2. The molecule has 0 saturated heterocycles.